The van der Waals surface area contributed by atoms with Crippen LogP contribution in [0, 0.1) is 0 Å². The van der Waals surface area contributed by atoms with Crippen molar-refractivity contribution >= 4 is 16.1 Å². The lowest BCUT2D eigenvalue weighted by molar-refractivity contribution is -0.00534. The summed E-state index contributed by atoms with van der Waals surface area (Å²) in [4.78, 5) is 13.6. The van der Waals surface area contributed by atoms with Gasteiger partial charge in [-0.2, -0.15) is 0 Å². The quantitative estimate of drug-likeness (QED) is 0.779. The maximum atomic E-state index is 12.1. The summed E-state index contributed by atoms with van der Waals surface area (Å²) in [5, 5.41) is 0. The molecule has 1 aliphatic heterocycles. The molecule has 28 heavy (non-hydrogen) atoms. The Morgan fingerprint density at radius 1 is 1.14 bits per heavy atom. The van der Waals surface area contributed by atoms with Crippen LogP contribution in [0.2, 0.25) is 0 Å². The molecule has 2 fully saturated rings. The summed E-state index contributed by atoms with van der Waals surface area (Å²) >= 11 is 0. The standard InChI is InChI=1S/C20H30N2O5S/c1-26-20(23)22-13-12-18(21-28(2,24)25)19(22)14-27-17-10-8-16(9-11-17)15-6-4-3-5-7-15/h3-7,16-19,21H,8-14H2,1-2H3. The molecule has 1 aromatic carbocycles. The number of ether oxygens (including phenoxy) is 2. The molecule has 2 unspecified atom stereocenters. The lowest BCUT2D eigenvalue weighted by Gasteiger charge is -2.32. The molecule has 1 saturated carbocycles. The van der Waals surface area contributed by atoms with E-state index in [-0.39, 0.29) is 18.2 Å². The summed E-state index contributed by atoms with van der Waals surface area (Å²) in [6.07, 6.45) is 5.46. The van der Waals surface area contributed by atoms with E-state index in [0.717, 1.165) is 31.9 Å². The van der Waals surface area contributed by atoms with Crippen LogP contribution in [-0.4, -0.2) is 64.1 Å². The van der Waals surface area contributed by atoms with Gasteiger partial charge in [-0.05, 0) is 43.6 Å². The van der Waals surface area contributed by atoms with E-state index in [0.29, 0.717) is 25.5 Å². The molecule has 7 nitrogen and oxygen atoms in total. The zero-order valence-electron chi connectivity index (χ0n) is 16.5. The summed E-state index contributed by atoms with van der Waals surface area (Å²) in [5.74, 6) is 0.568. The van der Waals surface area contributed by atoms with Crippen molar-refractivity contribution in [3.8, 4) is 0 Å². The predicted molar refractivity (Wildman–Crippen MR) is 107 cm³/mol. The second-order valence-electron chi connectivity index (χ2n) is 7.73. The lowest BCUT2D eigenvalue weighted by atomic mass is 9.83. The van der Waals surface area contributed by atoms with Gasteiger partial charge in [-0.1, -0.05) is 30.3 Å². The molecule has 0 aromatic heterocycles. The van der Waals surface area contributed by atoms with Crippen molar-refractivity contribution in [2.24, 2.45) is 0 Å². The SMILES string of the molecule is COC(=O)N1CCC(NS(C)(=O)=O)C1COC1CCC(c2ccccc2)CC1. The fourth-order valence-electron chi connectivity index (χ4n) is 4.34. The first-order chi connectivity index (χ1) is 13.4. The molecule has 0 bridgehead atoms. The molecule has 1 aliphatic carbocycles. The molecular formula is C20H30N2O5S. The Morgan fingerprint density at radius 2 is 1.82 bits per heavy atom. The summed E-state index contributed by atoms with van der Waals surface area (Å²) in [7, 11) is -2.03. The first-order valence-electron chi connectivity index (χ1n) is 9.86. The molecule has 156 valence electrons. The highest BCUT2D eigenvalue weighted by atomic mass is 32.2. The molecule has 1 N–H and O–H groups in total. The number of nitrogens with zero attached hydrogens (tertiary/aromatic N) is 1. The van der Waals surface area contributed by atoms with Crippen molar-refractivity contribution in [1.82, 2.24) is 9.62 Å². The van der Waals surface area contributed by atoms with Gasteiger partial charge < -0.3 is 14.4 Å². The van der Waals surface area contributed by atoms with Crippen molar-refractivity contribution in [3.05, 3.63) is 35.9 Å². The summed E-state index contributed by atoms with van der Waals surface area (Å²) < 4.78 is 37.0. The zero-order valence-corrected chi connectivity index (χ0v) is 17.4. The number of rotatable bonds is 6. The number of sulfonamides is 1. The van der Waals surface area contributed by atoms with Crippen LogP contribution in [0.15, 0.2) is 30.3 Å². The molecule has 2 aliphatic rings. The molecule has 0 radical (unpaired) electrons. The number of benzene rings is 1. The second kappa shape index (κ2) is 9.24. The Hall–Kier alpha value is -1.64. The van der Waals surface area contributed by atoms with E-state index >= 15 is 0 Å². The largest absolute Gasteiger partial charge is 0.453 e. The van der Waals surface area contributed by atoms with Gasteiger partial charge in [0.15, 0.2) is 0 Å². The van der Waals surface area contributed by atoms with Crippen molar-refractivity contribution < 1.29 is 22.7 Å². The average molecular weight is 411 g/mol. The molecule has 2 atom stereocenters. The van der Waals surface area contributed by atoms with Gasteiger partial charge >= 0.3 is 6.09 Å². The van der Waals surface area contributed by atoms with E-state index in [1.807, 2.05) is 6.07 Å². The van der Waals surface area contributed by atoms with E-state index in [4.69, 9.17) is 9.47 Å². The predicted octanol–water partition coefficient (Wildman–Crippen LogP) is 2.49. The Morgan fingerprint density at radius 3 is 2.43 bits per heavy atom. The fraction of sp³-hybridized carbons (Fsp3) is 0.650. The molecule has 1 amide bonds. The molecular weight excluding hydrogens is 380 g/mol. The van der Waals surface area contributed by atoms with Crippen LogP contribution in [-0.2, 0) is 19.5 Å². The number of amides is 1. The monoisotopic (exact) mass is 410 g/mol. The highest BCUT2D eigenvalue weighted by Crippen LogP contribution is 2.34. The highest BCUT2D eigenvalue weighted by molar-refractivity contribution is 7.88. The molecule has 1 saturated heterocycles. The number of hydrogen-bond donors (Lipinski definition) is 1. The van der Waals surface area contributed by atoms with Crippen LogP contribution in [0.3, 0.4) is 0 Å². The number of hydrogen-bond acceptors (Lipinski definition) is 5. The van der Waals surface area contributed by atoms with Crippen molar-refractivity contribution in [1.29, 1.82) is 0 Å². The van der Waals surface area contributed by atoms with Gasteiger partial charge in [0, 0.05) is 12.6 Å². The third-order valence-electron chi connectivity index (χ3n) is 5.77. The lowest BCUT2D eigenvalue weighted by Crippen LogP contribution is -2.49. The molecule has 3 rings (SSSR count). The van der Waals surface area contributed by atoms with Crippen molar-refractivity contribution in [2.45, 2.75) is 56.2 Å². The van der Waals surface area contributed by atoms with E-state index in [9.17, 15) is 13.2 Å². The minimum atomic E-state index is -3.36. The minimum Gasteiger partial charge on any atom is -0.453 e. The maximum Gasteiger partial charge on any atom is 0.409 e. The van der Waals surface area contributed by atoms with Gasteiger partial charge in [0.25, 0.3) is 0 Å². The van der Waals surface area contributed by atoms with Crippen LogP contribution >= 0.6 is 0 Å². The normalized spacial score (nSPS) is 28.3. The van der Waals surface area contributed by atoms with Crippen LogP contribution < -0.4 is 4.72 Å². The number of nitrogens with one attached hydrogen (secondary N) is 1. The van der Waals surface area contributed by atoms with Crippen LogP contribution in [0.25, 0.3) is 0 Å². The van der Waals surface area contributed by atoms with Gasteiger partial charge in [-0.25, -0.2) is 17.9 Å². The number of likely N-dealkylation sites (tertiary alicyclic amines) is 1. The van der Waals surface area contributed by atoms with Gasteiger partial charge in [0.05, 0.1) is 32.1 Å². The number of methoxy groups -OCH3 is 1. The smallest absolute Gasteiger partial charge is 0.409 e. The Balaban J connectivity index is 1.55. The third kappa shape index (κ3) is 5.46. The van der Waals surface area contributed by atoms with Gasteiger partial charge in [-0.15, -0.1) is 0 Å². The van der Waals surface area contributed by atoms with Crippen LogP contribution in [0.1, 0.15) is 43.6 Å². The zero-order chi connectivity index (χ0) is 20.1. The molecule has 8 heteroatoms. The third-order valence-corrected chi connectivity index (χ3v) is 6.50. The summed E-state index contributed by atoms with van der Waals surface area (Å²) in [6.45, 7) is 0.761. The topological polar surface area (TPSA) is 84.9 Å². The van der Waals surface area contributed by atoms with Crippen molar-refractivity contribution in [2.75, 3.05) is 26.5 Å². The fourth-order valence-corrected chi connectivity index (χ4v) is 5.16. The van der Waals surface area contributed by atoms with Gasteiger partial charge in [0.2, 0.25) is 10.0 Å². The second-order valence-corrected chi connectivity index (χ2v) is 9.51. The van der Waals surface area contributed by atoms with E-state index < -0.39 is 16.1 Å². The number of carbonyl (C=O) groups is 1. The minimum absolute atomic E-state index is 0.138. The maximum absolute atomic E-state index is 12.1. The average Bonchev–Trinajstić information content (AvgIpc) is 3.07. The first-order valence-corrected chi connectivity index (χ1v) is 11.7. The van der Waals surface area contributed by atoms with Gasteiger partial charge in [0.1, 0.15) is 0 Å². The summed E-state index contributed by atoms with van der Waals surface area (Å²) in [5.41, 5.74) is 1.38. The van der Waals surface area contributed by atoms with Crippen LogP contribution in [0.4, 0.5) is 4.79 Å². The Kier molecular flexibility index (Phi) is 6.95. The number of carbonyl (C=O) groups excluding carboxylic acids is 1. The molecule has 1 heterocycles. The van der Waals surface area contributed by atoms with Crippen LogP contribution in [0.5, 0.6) is 0 Å². The Labute approximate surface area is 167 Å². The first kappa shape index (κ1) is 21.1. The molecule has 0 spiro atoms. The molecule has 1 aromatic rings. The summed E-state index contributed by atoms with van der Waals surface area (Å²) in [6, 6.07) is 9.85. The van der Waals surface area contributed by atoms with E-state index in [2.05, 4.69) is 29.0 Å². The van der Waals surface area contributed by atoms with E-state index in [1.54, 1.807) is 4.90 Å². The highest BCUT2D eigenvalue weighted by Gasteiger charge is 2.39. The van der Waals surface area contributed by atoms with E-state index in [1.165, 1.54) is 12.7 Å². The van der Waals surface area contributed by atoms with Gasteiger partial charge in [-0.3, -0.25) is 0 Å². The Bertz CT molecular complexity index is 747. The van der Waals surface area contributed by atoms with Crippen molar-refractivity contribution in [3.63, 3.8) is 0 Å².